The number of aromatic nitrogens is 1. The molecule has 3 rings (SSSR count). The van der Waals surface area contributed by atoms with Gasteiger partial charge in [0.05, 0.1) is 10.4 Å². The normalized spacial score (nSPS) is 18.4. The van der Waals surface area contributed by atoms with Gasteiger partial charge in [-0.1, -0.05) is 6.07 Å². The molecule has 2 N–H and O–H groups in total. The van der Waals surface area contributed by atoms with E-state index in [-0.39, 0.29) is 11.3 Å². The van der Waals surface area contributed by atoms with Crippen molar-refractivity contribution in [2.45, 2.75) is 30.6 Å². The second-order valence-corrected chi connectivity index (χ2v) is 7.76. The van der Waals surface area contributed by atoms with Crippen LogP contribution < -0.4 is 10.0 Å². The Morgan fingerprint density at radius 2 is 2.17 bits per heavy atom. The van der Waals surface area contributed by atoms with Gasteiger partial charge < -0.3 is 5.32 Å². The van der Waals surface area contributed by atoms with Crippen LogP contribution >= 0.6 is 0 Å². The minimum Gasteiger partial charge on any atom is -0.316 e. The largest absolute Gasteiger partial charge is 0.316 e. The van der Waals surface area contributed by atoms with E-state index in [9.17, 15) is 13.2 Å². The third-order valence-electron chi connectivity index (χ3n) is 4.32. The number of nitrogens with one attached hydrogen (secondary N) is 2. The number of rotatable bonds is 5. The van der Waals surface area contributed by atoms with Crippen molar-refractivity contribution in [2.24, 2.45) is 5.92 Å². The number of benzene rings is 1. The molecule has 0 spiro atoms. The predicted molar refractivity (Wildman–Crippen MR) is 91.9 cm³/mol. The van der Waals surface area contributed by atoms with Crippen molar-refractivity contribution in [1.82, 2.24) is 15.0 Å². The van der Waals surface area contributed by atoms with Gasteiger partial charge in [-0.15, -0.1) is 0 Å². The van der Waals surface area contributed by atoms with Crippen LogP contribution in [0, 0.1) is 5.92 Å². The first kappa shape index (κ1) is 16.9. The first-order valence-electron chi connectivity index (χ1n) is 8.16. The van der Waals surface area contributed by atoms with Gasteiger partial charge in [0.25, 0.3) is 10.0 Å². The van der Waals surface area contributed by atoms with Gasteiger partial charge in [-0.05, 0) is 62.5 Å². The smallest absolute Gasteiger partial charge is 0.264 e. The summed E-state index contributed by atoms with van der Waals surface area (Å²) in [6.45, 7) is 1.92. The van der Waals surface area contributed by atoms with Crippen LogP contribution in [0.4, 0.5) is 0 Å². The van der Waals surface area contributed by atoms with Crippen molar-refractivity contribution in [3.63, 3.8) is 0 Å². The quantitative estimate of drug-likeness (QED) is 0.861. The maximum Gasteiger partial charge on any atom is 0.264 e. The Bertz CT molecular complexity index is 825. The molecule has 1 saturated heterocycles. The van der Waals surface area contributed by atoms with Gasteiger partial charge in [0.2, 0.25) is 5.91 Å². The van der Waals surface area contributed by atoms with Crippen LogP contribution in [0.2, 0.25) is 0 Å². The summed E-state index contributed by atoms with van der Waals surface area (Å²) in [6, 6.07) is 8.23. The van der Waals surface area contributed by atoms with Gasteiger partial charge in [-0.25, -0.2) is 13.1 Å². The molecule has 7 heteroatoms. The van der Waals surface area contributed by atoms with Crippen LogP contribution in [-0.2, 0) is 14.8 Å². The number of hydrogen-bond donors (Lipinski definition) is 2. The molecule has 1 aliphatic rings. The molecule has 1 aromatic carbocycles. The molecule has 1 amide bonds. The summed E-state index contributed by atoms with van der Waals surface area (Å²) in [6.07, 6.45) is 4.71. The molecule has 0 bridgehead atoms. The molecule has 0 saturated carbocycles. The Kier molecular flexibility index (Phi) is 5.11. The molecule has 1 aromatic heterocycles. The van der Waals surface area contributed by atoms with E-state index >= 15 is 0 Å². The summed E-state index contributed by atoms with van der Waals surface area (Å²) in [5.41, 5.74) is 0.584. The summed E-state index contributed by atoms with van der Waals surface area (Å²) in [5, 5.41) is 3.81. The Hall–Kier alpha value is -1.99. The highest BCUT2D eigenvalue weighted by atomic mass is 32.2. The lowest BCUT2D eigenvalue weighted by molar-refractivity contribution is -0.119. The standard InChI is InChI=1S/C17H21N3O3S/c21-17(9-8-13-4-2-10-18-12-13)20-24(22,23)16-7-1-6-15-14(16)5-3-11-19-15/h1,3,5-7,11,13,18H,2,4,8-10,12H2,(H,20,21). The molecule has 1 atom stereocenters. The number of nitrogens with zero attached hydrogens (tertiary/aromatic N) is 1. The number of pyridine rings is 1. The summed E-state index contributed by atoms with van der Waals surface area (Å²) in [5.74, 6) is -0.0181. The minimum absolute atomic E-state index is 0.0841. The fraction of sp³-hybridized carbons (Fsp3) is 0.412. The Labute approximate surface area is 141 Å². The molecule has 0 aliphatic carbocycles. The zero-order chi connectivity index (χ0) is 17.0. The van der Waals surface area contributed by atoms with Crippen molar-refractivity contribution in [3.05, 3.63) is 36.5 Å². The Balaban J connectivity index is 1.69. The highest BCUT2D eigenvalue weighted by molar-refractivity contribution is 7.90. The topological polar surface area (TPSA) is 88.2 Å². The Morgan fingerprint density at radius 3 is 2.96 bits per heavy atom. The molecular formula is C17H21N3O3S. The van der Waals surface area contributed by atoms with Crippen molar-refractivity contribution in [3.8, 4) is 0 Å². The van der Waals surface area contributed by atoms with Crippen LogP contribution in [0.1, 0.15) is 25.7 Å². The van der Waals surface area contributed by atoms with E-state index in [4.69, 9.17) is 0 Å². The van der Waals surface area contributed by atoms with Gasteiger partial charge >= 0.3 is 0 Å². The zero-order valence-electron chi connectivity index (χ0n) is 13.4. The van der Waals surface area contributed by atoms with Crippen LogP contribution in [0.15, 0.2) is 41.4 Å². The van der Waals surface area contributed by atoms with Crippen molar-refractivity contribution < 1.29 is 13.2 Å². The number of hydrogen-bond acceptors (Lipinski definition) is 5. The molecule has 1 unspecified atom stereocenters. The SMILES string of the molecule is O=C(CCC1CCCNC1)NS(=O)(=O)c1cccc2ncccc12. The van der Waals surface area contributed by atoms with Gasteiger partial charge in [-0.2, -0.15) is 0 Å². The lowest BCUT2D eigenvalue weighted by Crippen LogP contribution is -2.33. The summed E-state index contributed by atoms with van der Waals surface area (Å²) in [4.78, 5) is 16.3. The molecule has 1 fully saturated rings. The van der Waals surface area contributed by atoms with E-state index in [1.165, 1.54) is 6.07 Å². The van der Waals surface area contributed by atoms with Crippen molar-refractivity contribution in [2.75, 3.05) is 13.1 Å². The van der Waals surface area contributed by atoms with Gasteiger partial charge in [0.1, 0.15) is 0 Å². The maximum atomic E-state index is 12.5. The highest BCUT2D eigenvalue weighted by Crippen LogP contribution is 2.21. The average molecular weight is 347 g/mol. The number of sulfonamides is 1. The van der Waals surface area contributed by atoms with Crippen LogP contribution in [-0.4, -0.2) is 32.4 Å². The molecule has 1 aliphatic heterocycles. The van der Waals surface area contributed by atoms with E-state index in [1.54, 1.807) is 30.5 Å². The van der Waals surface area contributed by atoms with E-state index in [1.807, 2.05) is 0 Å². The number of carbonyl (C=O) groups is 1. The fourth-order valence-corrected chi connectivity index (χ4v) is 4.30. The second kappa shape index (κ2) is 7.27. The van der Waals surface area contributed by atoms with Crippen molar-refractivity contribution in [1.29, 1.82) is 0 Å². The van der Waals surface area contributed by atoms with Gasteiger partial charge in [-0.3, -0.25) is 9.78 Å². The molecule has 128 valence electrons. The molecule has 24 heavy (non-hydrogen) atoms. The Morgan fingerprint density at radius 1 is 1.29 bits per heavy atom. The molecular weight excluding hydrogens is 326 g/mol. The molecule has 0 radical (unpaired) electrons. The van der Waals surface area contributed by atoms with E-state index in [0.29, 0.717) is 23.2 Å². The van der Waals surface area contributed by atoms with Gasteiger partial charge in [0.15, 0.2) is 0 Å². The lowest BCUT2D eigenvalue weighted by atomic mass is 9.95. The lowest BCUT2D eigenvalue weighted by Gasteiger charge is -2.22. The summed E-state index contributed by atoms with van der Waals surface area (Å²) in [7, 11) is -3.89. The van der Waals surface area contributed by atoms with Gasteiger partial charge in [0, 0.05) is 18.0 Å². The highest BCUT2D eigenvalue weighted by Gasteiger charge is 2.21. The van der Waals surface area contributed by atoms with E-state index < -0.39 is 15.9 Å². The van der Waals surface area contributed by atoms with Crippen LogP contribution in [0.5, 0.6) is 0 Å². The number of amides is 1. The molecule has 2 aromatic rings. The monoisotopic (exact) mass is 347 g/mol. The third-order valence-corrected chi connectivity index (χ3v) is 5.75. The second-order valence-electron chi connectivity index (χ2n) is 6.11. The average Bonchev–Trinajstić information content (AvgIpc) is 2.60. The van der Waals surface area contributed by atoms with E-state index in [0.717, 1.165) is 25.9 Å². The summed E-state index contributed by atoms with van der Waals surface area (Å²) >= 11 is 0. The fourth-order valence-electron chi connectivity index (χ4n) is 3.07. The number of carbonyl (C=O) groups excluding carboxylic acids is 1. The number of piperidine rings is 1. The number of fused-ring (bicyclic) bond motifs is 1. The van der Waals surface area contributed by atoms with Crippen LogP contribution in [0.25, 0.3) is 10.9 Å². The third kappa shape index (κ3) is 3.91. The minimum atomic E-state index is -3.89. The van der Waals surface area contributed by atoms with Crippen LogP contribution in [0.3, 0.4) is 0 Å². The van der Waals surface area contributed by atoms with Crippen molar-refractivity contribution >= 4 is 26.8 Å². The first-order chi connectivity index (χ1) is 11.6. The summed E-state index contributed by atoms with van der Waals surface area (Å²) < 4.78 is 27.3. The molecule has 6 nitrogen and oxygen atoms in total. The predicted octanol–water partition coefficient (Wildman–Crippen LogP) is 1.82. The molecule has 2 heterocycles. The zero-order valence-corrected chi connectivity index (χ0v) is 14.2. The first-order valence-corrected chi connectivity index (χ1v) is 9.65. The van der Waals surface area contributed by atoms with E-state index in [2.05, 4.69) is 15.0 Å². The maximum absolute atomic E-state index is 12.5.